The van der Waals surface area contributed by atoms with Crippen LogP contribution in [0.1, 0.15) is 25.3 Å². The van der Waals surface area contributed by atoms with E-state index >= 15 is 0 Å². The van der Waals surface area contributed by atoms with Crippen LogP contribution in [0.25, 0.3) is 0 Å². The Morgan fingerprint density at radius 2 is 1.80 bits per heavy atom. The quantitative estimate of drug-likeness (QED) is 0.903. The number of aromatic nitrogens is 2. The average molecular weight is 340 g/mol. The fraction of sp³-hybridized carbons (Fsp3) is 0.421. The van der Waals surface area contributed by atoms with Gasteiger partial charge in [-0.3, -0.25) is 4.79 Å². The van der Waals surface area contributed by atoms with Crippen LogP contribution in [0.3, 0.4) is 0 Å². The van der Waals surface area contributed by atoms with Gasteiger partial charge in [0.25, 0.3) is 5.91 Å². The molecule has 132 valence electrons. The molecule has 0 radical (unpaired) electrons. The summed E-state index contributed by atoms with van der Waals surface area (Å²) in [6.07, 6.45) is 5.22. The Kier molecular flexibility index (Phi) is 5.28. The molecule has 1 aliphatic rings. The Bertz CT molecular complexity index is 687. The summed E-state index contributed by atoms with van der Waals surface area (Å²) in [5, 5.41) is 3.15. The molecular weight excluding hydrogens is 316 g/mol. The third kappa shape index (κ3) is 3.79. The Morgan fingerprint density at radius 1 is 1.16 bits per heavy atom. The van der Waals surface area contributed by atoms with Crippen molar-refractivity contribution in [2.24, 2.45) is 0 Å². The van der Waals surface area contributed by atoms with Crippen LogP contribution in [-0.2, 0) is 15.1 Å². The number of benzene rings is 1. The number of nitrogens with zero attached hydrogens (tertiary/aromatic N) is 3. The lowest BCUT2D eigenvalue weighted by molar-refractivity contribution is -0.143. The number of hydrogen-bond donors (Lipinski definition) is 1. The molecule has 1 fully saturated rings. The Morgan fingerprint density at radius 3 is 2.40 bits per heavy atom. The molecular formula is C19H24N4O2. The van der Waals surface area contributed by atoms with Gasteiger partial charge in [0, 0.05) is 38.6 Å². The minimum atomic E-state index is -0.985. The Labute approximate surface area is 148 Å². The predicted molar refractivity (Wildman–Crippen MR) is 96.2 cm³/mol. The summed E-state index contributed by atoms with van der Waals surface area (Å²) in [5.41, 5.74) is -0.133. The highest BCUT2D eigenvalue weighted by Crippen LogP contribution is 2.25. The molecule has 2 heterocycles. The molecule has 2 aromatic rings. The highest BCUT2D eigenvalue weighted by atomic mass is 16.5. The van der Waals surface area contributed by atoms with Gasteiger partial charge in [0.2, 0.25) is 5.95 Å². The van der Waals surface area contributed by atoms with E-state index in [0.29, 0.717) is 0 Å². The number of methoxy groups -OCH3 is 1. The molecule has 1 aromatic heterocycles. The maximum absolute atomic E-state index is 12.8. The third-order valence-corrected chi connectivity index (χ3v) is 4.83. The van der Waals surface area contributed by atoms with E-state index in [1.807, 2.05) is 43.3 Å². The predicted octanol–water partition coefficient (Wildman–Crippen LogP) is 2.12. The zero-order valence-corrected chi connectivity index (χ0v) is 14.7. The van der Waals surface area contributed by atoms with Crippen LogP contribution in [0, 0.1) is 0 Å². The molecule has 6 heteroatoms. The van der Waals surface area contributed by atoms with Crippen LogP contribution in [0.2, 0.25) is 0 Å². The van der Waals surface area contributed by atoms with Gasteiger partial charge in [-0.1, -0.05) is 30.3 Å². The zero-order chi connectivity index (χ0) is 17.7. The van der Waals surface area contributed by atoms with Crippen molar-refractivity contribution in [1.29, 1.82) is 0 Å². The number of amides is 1. The standard InChI is InChI=1S/C19H24N4O2/c1-19(25-2,15-7-4-3-5-8-15)17(24)22-16-9-13-23(14-10-16)18-20-11-6-12-21-18/h3-8,11-12,16H,9-10,13-14H2,1-2H3,(H,22,24). The molecule has 3 rings (SSSR count). The Hall–Kier alpha value is -2.47. The number of anilines is 1. The molecule has 6 nitrogen and oxygen atoms in total. The van der Waals surface area contributed by atoms with E-state index < -0.39 is 5.60 Å². The first-order chi connectivity index (χ1) is 12.1. The second kappa shape index (κ2) is 7.61. The van der Waals surface area contributed by atoms with Crippen LogP contribution in [-0.4, -0.2) is 42.1 Å². The maximum atomic E-state index is 12.8. The molecule has 1 aromatic carbocycles. The molecule has 1 aliphatic heterocycles. The third-order valence-electron chi connectivity index (χ3n) is 4.83. The first-order valence-corrected chi connectivity index (χ1v) is 8.57. The molecule has 0 aliphatic carbocycles. The van der Waals surface area contributed by atoms with Gasteiger partial charge in [0.1, 0.15) is 0 Å². The van der Waals surface area contributed by atoms with Crippen LogP contribution in [0.4, 0.5) is 5.95 Å². The second-order valence-electron chi connectivity index (χ2n) is 6.39. The fourth-order valence-electron chi connectivity index (χ4n) is 3.10. The molecule has 1 unspecified atom stereocenters. The van der Waals surface area contributed by atoms with Crippen LogP contribution in [0.15, 0.2) is 48.8 Å². The number of piperidine rings is 1. The van der Waals surface area contributed by atoms with Crippen molar-refractivity contribution in [3.05, 3.63) is 54.4 Å². The zero-order valence-electron chi connectivity index (χ0n) is 14.7. The van der Waals surface area contributed by atoms with E-state index in [4.69, 9.17) is 4.74 Å². The van der Waals surface area contributed by atoms with E-state index in [1.54, 1.807) is 19.5 Å². The van der Waals surface area contributed by atoms with E-state index in [-0.39, 0.29) is 11.9 Å². The number of carbonyl (C=O) groups is 1. The van der Waals surface area contributed by atoms with E-state index in [2.05, 4.69) is 20.2 Å². The summed E-state index contributed by atoms with van der Waals surface area (Å²) >= 11 is 0. The first-order valence-electron chi connectivity index (χ1n) is 8.57. The lowest BCUT2D eigenvalue weighted by Gasteiger charge is -2.35. The van der Waals surface area contributed by atoms with E-state index in [9.17, 15) is 4.79 Å². The molecule has 1 N–H and O–H groups in total. The number of hydrogen-bond acceptors (Lipinski definition) is 5. The fourth-order valence-corrected chi connectivity index (χ4v) is 3.10. The van der Waals surface area contributed by atoms with Crippen LogP contribution >= 0.6 is 0 Å². The van der Waals surface area contributed by atoms with Crippen molar-refractivity contribution in [1.82, 2.24) is 15.3 Å². The van der Waals surface area contributed by atoms with Crippen molar-refractivity contribution in [3.63, 3.8) is 0 Å². The Balaban J connectivity index is 1.60. The van der Waals surface area contributed by atoms with Crippen molar-refractivity contribution in [2.45, 2.75) is 31.4 Å². The lowest BCUT2D eigenvalue weighted by Crippen LogP contribution is -2.51. The highest BCUT2D eigenvalue weighted by Gasteiger charge is 2.36. The smallest absolute Gasteiger partial charge is 0.256 e. The minimum Gasteiger partial charge on any atom is -0.364 e. The molecule has 25 heavy (non-hydrogen) atoms. The molecule has 0 saturated carbocycles. The topological polar surface area (TPSA) is 67.3 Å². The van der Waals surface area contributed by atoms with Crippen molar-refractivity contribution in [3.8, 4) is 0 Å². The van der Waals surface area contributed by atoms with Gasteiger partial charge in [-0.25, -0.2) is 9.97 Å². The monoisotopic (exact) mass is 340 g/mol. The summed E-state index contributed by atoms with van der Waals surface area (Å²) in [5.74, 6) is 0.647. The van der Waals surface area contributed by atoms with E-state index in [1.165, 1.54) is 0 Å². The minimum absolute atomic E-state index is 0.101. The summed E-state index contributed by atoms with van der Waals surface area (Å²) in [6, 6.07) is 11.5. The molecule has 0 bridgehead atoms. The van der Waals surface area contributed by atoms with Gasteiger partial charge in [0.05, 0.1) is 0 Å². The van der Waals surface area contributed by atoms with Gasteiger partial charge in [-0.05, 0) is 31.4 Å². The largest absolute Gasteiger partial charge is 0.364 e. The van der Waals surface area contributed by atoms with E-state index in [0.717, 1.165) is 37.4 Å². The van der Waals surface area contributed by atoms with Crippen molar-refractivity contribution in [2.75, 3.05) is 25.1 Å². The normalized spacial score (nSPS) is 17.8. The van der Waals surface area contributed by atoms with Crippen molar-refractivity contribution < 1.29 is 9.53 Å². The highest BCUT2D eigenvalue weighted by molar-refractivity contribution is 5.86. The molecule has 1 amide bonds. The first kappa shape index (κ1) is 17.4. The summed E-state index contributed by atoms with van der Waals surface area (Å²) in [6.45, 7) is 3.46. The number of ether oxygens (including phenoxy) is 1. The molecule has 0 spiro atoms. The van der Waals surface area contributed by atoms with Crippen LogP contribution in [0.5, 0.6) is 0 Å². The number of nitrogens with one attached hydrogen (secondary N) is 1. The average Bonchev–Trinajstić information content (AvgIpc) is 2.69. The van der Waals surface area contributed by atoms with Crippen molar-refractivity contribution >= 4 is 11.9 Å². The van der Waals surface area contributed by atoms with Gasteiger partial charge in [0.15, 0.2) is 5.60 Å². The molecule has 1 atom stereocenters. The van der Waals surface area contributed by atoms with Gasteiger partial charge in [-0.2, -0.15) is 0 Å². The van der Waals surface area contributed by atoms with Gasteiger partial charge in [-0.15, -0.1) is 0 Å². The van der Waals surface area contributed by atoms with Gasteiger partial charge >= 0.3 is 0 Å². The summed E-state index contributed by atoms with van der Waals surface area (Å²) in [7, 11) is 1.57. The second-order valence-corrected chi connectivity index (χ2v) is 6.39. The van der Waals surface area contributed by atoms with Crippen LogP contribution < -0.4 is 10.2 Å². The number of carbonyl (C=O) groups excluding carboxylic acids is 1. The maximum Gasteiger partial charge on any atom is 0.256 e. The van der Waals surface area contributed by atoms with Gasteiger partial charge < -0.3 is 15.0 Å². The number of rotatable bonds is 5. The SMILES string of the molecule is COC(C)(C(=O)NC1CCN(c2ncccn2)CC1)c1ccccc1. The lowest BCUT2D eigenvalue weighted by atomic mass is 9.93. The molecule has 1 saturated heterocycles. The summed E-state index contributed by atoms with van der Waals surface area (Å²) in [4.78, 5) is 23.6. The summed E-state index contributed by atoms with van der Waals surface area (Å²) < 4.78 is 5.58.